The van der Waals surface area contributed by atoms with Crippen molar-refractivity contribution in [3.8, 4) is 11.1 Å². The van der Waals surface area contributed by atoms with E-state index in [-0.39, 0.29) is 0 Å². The molecule has 0 radical (unpaired) electrons. The van der Waals surface area contributed by atoms with Crippen molar-refractivity contribution >= 4 is 5.97 Å². The monoisotopic (exact) mass is 200 g/mol. The molecule has 0 aromatic rings. The number of hydrogen-bond acceptors (Lipinski definition) is 1. The number of fused-ring (bicyclic) bond motifs is 1. The quantitative estimate of drug-likeness (QED) is 0.808. The van der Waals surface area contributed by atoms with Gasteiger partial charge in [0.1, 0.15) is 0 Å². The van der Waals surface area contributed by atoms with Crippen LogP contribution in [-0.4, -0.2) is 11.1 Å². The molecule has 2 rings (SSSR count). The van der Waals surface area contributed by atoms with Crippen LogP contribution in [0.1, 0.15) is 22.8 Å². The highest BCUT2D eigenvalue weighted by Crippen LogP contribution is 2.31. The number of aryl methyl sites for hydroxylation is 1. The van der Waals surface area contributed by atoms with E-state index < -0.39 is 5.97 Å². The first-order valence-corrected chi connectivity index (χ1v) is 4.98. The van der Waals surface area contributed by atoms with Gasteiger partial charge in [0.15, 0.2) is 0 Å². The molecule has 2 aliphatic rings. The fourth-order valence-electron chi connectivity index (χ4n) is 1.86. The van der Waals surface area contributed by atoms with Crippen LogP contribution in [0, 0.1) is 0 Å². The zero-order valence-corrected chi connectivity index (χ0v) is 8.53. The van der Waals surface area contributed by atoms with Crippen LogP contribution in [0.2, 0.25) is 0 Å². The van der Waals surface area contributed by atoms with Crippen LogP contribution in [0.15, 0.2) is 36.4 Å². The fraction of sp³-hybridized carbons (Fsp3) is 0.154. The number of rotatable bonds is 2. The summed E-state index contributed by atoms with van der Waals surface area (Å²) in [5.74, 6) is -0.856. The summed E-state index contributed by atoms with van der Waals surface area (Å²) in [6, 6.07) is 11.3. The van der Waals surface area contributed by atoms with Gasteiger partial charge in [-0.05, 0) is 29.2 Å². The molecule has 0 aromatic carbocycles. The summed E-state index contributed by atoms with van der Waals surface area (Å²) >= 11 is 0. The Labute approximate surface area is 88.5 Å². The van der Waals surface area contributed by atoms with Gasteiger partial charge in [-0.2, -0.15) is 0 Å². The zero-order chi connectivity index (χ0) is 10.8. The highest BCUT2D eigenvalue weighted by molar-refractivity contribution is 5.98. The minimum Gasteiger partial charge on any atom is -0.478 e. The molecule has 1 N–H and O–H groups in total. The van der Waals surface area contributed by atoms with Crippen molar-refractivity contribution in [1.82, 2.24) is 0 Å². The molecule has 0 aromatic heterocycles. The molecule has 2 nitrogen and oxygen atoms in total. The standard InChI is InChI=1S/C13H12O2/c1-2-9-8-12(13(14)15)11-7-5-3-4-6-10(9)11/h3-8H,2H2,1H3,(H,14,15). The third kappa shape index (κ3) is 1.59. The van der Waals surface area contributed by atoms with Gasteiger partial charge in [0, 0.05) is 0 Å². The molecule has 0 spiro atoms. The predicted molar refractivity (Wildman–Crippen MR) is 59.4 cm³/mol. The summed E-state index contributed by atoms with van der Waals surface area (Å²) < 4.78 is 0. The lowest BCUT2D eigenvalue weighted by Crippen LogP contribution is -1.94. The first-order valence-electron chi connectivity index (χ1n) is 4.98. The second-order valence-corrected chi connectivity index (χ2v) is 3.48. The minimum atomic E-state index is -0.856. The molecular formula is C13H12O2. The first kappa shape index (κ1) is 9.71. The smallest absolute Gasteiger partial charge is 0.336 e. The molecule has 0 unspecified atom stereocenters. The van der Waals surface area contributed by atoms with Gasteiger partial charge in [-0.3, -0.25) is 0 Å². The zero-order valence-electron chi connectivity index (χ0n) is 8.53. The first-order chi connectivity index (χ1) is 7.24. The molecule has 0 bridgehead atoms. The molecule has 0 aliphatic heterocycles. The Morgan fingerprint density at radius 1 is 1.20 bits per heavy atom. The van der Waals surface area contributed by atoms with Crippen molar-refractivity contribution < 1.29 is 9.90 Å². The average molecular weight is 200 g/mol. The van der Waals surface area contributed by atoms with Crippen LogP contribution >= 0.6 is 0 Å². The maximum atomic E-state index is 11.0. The molecule has 0 fully saturated rings. The largest absolute Gasteiger partial charge is 0.478 e. The normalized spacial score (nSPS) is 10.5. The minimum absolute atomic E-state index is 0.401. The van der Waals surface area contributed by atoms with Crippen molar-refractivity contribution in [2.75, 3.05) is 0 Å². The van der Waals surface area contributed by atoms with Crippen molar-refractivity contribution in [3.05, 3.63) is 47.5 Å². The van der Waals surface area contributed by atoms with Gasteiger partial charge < -0.3 is 5.11 Å². The van der Waals surface area contributed by atoms with Crippen LogP contribution < -0.4 is 0 Å². The molecule has 0 saturated carbocycles. The Morgan fingerprint density at radius 3 is 2.47 bits per heavy atom. The summed E-state index contributed by atoms with van der Waals surface area (Å²) in [6.07, 6.45) is 0.855. The van der Waals surface area contributed by atoms with E-state index >= 15 is 0 Å². The Bertz CT molecular complexity index is 474. The fourth-order valence-corrected chi connectivity index (χ4v) is 1.86. The van der Waals surface area contributed by atoms with Crippen LogP contribution in [0.3, 0.4) is 0 Å². The molecule has 76 valence electrons. The van der Waals surface area contributed by atoms with E-state index in [4.69, 9.17) is 5.11 Å². The summed E-state index contributed by atoms with van der Waals surface area (Å²) in [5, 5.41) is 9.07. The van der Waals surface area contributed by atoms with Gasteiger partial charge in [-0.1, -0.05) is 37.3 Å². The maximum absolute atomic E-state index is 11.0. The van der Waals surface area contributed by atoms with E-state index in [1.807, 2.05) is 37.3 Å². The molecule has 0 heterocycles. The van der Waals surface area contributed by atoms with Crippen LogP contribution in [-0.2, 0) is 6.42 Å². The highest BCUT2D eigenvalue weighted by atomic mass is 16.4. The SMILES string of the molecule is CCc1cc(C(=O)O)c2cccccc1-2. The number of aromatic carboxylic acids is 1. The van der Waals surface area contributed by atoms with Gasteiger partial charge >= 0.3 is 5.97 Å². The molecule has 0 atom stereocenters. The lowest BCUT2D eigenvalue weighted by Gasteiger charge is -1.97. The molecule has 2 aliphatic carbocycles. The molecule has 0 amide bonds. The van der Waals surface area contributed by atoms with Crippen molar-refractivity contribution in [2.24, 2.45) is 0 Å². The van der Waals surface area contributed by atoms with Crippen LogP contribution in [0.25, 0.3) is 11.1 Å². The van der Waals surface area contributed by atoms with E-state index in [9.17, 15) is 4.79 Å². The molecular weight excluding hydrogens is 188 g/mol. The summed E-state index contributed by atoms with van der Waals surface area (Å²) in [6.45, 7) is 2.04. The predicted octanol–water partition coefficient (Wildman–Crippen LogP) is 3.05. The van der Waals surface area contributed by atoms with Crippen LogP contribution in [0.4, 0.5) is 0 Å². The van der Waals surface area contributed by atoms with Gasteiger partial charge in [-0.15, -0.1) is 0 Å². The third-order valence-corrected chi connectivity index (χ3v) is 2.60. The molecule has 2 heteroatoms. The number of carbonyl (C=O) groups is 1. The van der Waals surface area contributed by atoms with Crippen molar-refractivity contribution in [2.45, 2.75) is 13.3 Å². The lowest BCUT2D eigenvalue weighted by atomic mass is 10.1. The van der Waals surface area contributed by atoms with Crippen LogP contribution in [0.5, 0.6) is 0 Å². The second kappa shape index (κ2) is 3.73. The second-order valence-electron chi connectivity index (χ2n) is 3.48. The van der Waals surface area contributed by atoms with E-state index in [1.54, 1.807) is 6.07 Å². The van der Waals surface area contributed by atoms with Gasteiger partial charge in [0.2, 0.25) is 0 Å². The van der Waals surface area contributed by atoms with E-state index in [0.29, 0.717) is 5.56 Å². The van der Waals surface area contributed by atoms with Gasteiger partial charge in [0.05, 0.1) is 5.56 Å². The Morgan fingerprint density at radius 2 is 1.87 bits per heavy atom. The van der Waals surface area contributed by atoms with Gasteiger partial charge in [-0.25, -0.2) is 4.79 Å². The number of carboxylic acid groups (broad SMARTS) is 1. The van der Waals surface area contributed by atoms with Crippen molar-refractivity contribution in [3.63, 3.8) is 0 Å². The van der Waals surface area contributed by atoms with E-state index in [1.165, 1.54) is 0 Å². The molecule has 15 heavy (non-hydrogen) atoms. The average Bonchev–Trinajstić information content (AvgIpc) is 2.41. The molecule has 0 saturated heterocycles. The summed E-state index contributed by atoms with van der Waals surface area (Å²) in [4.78, 5) is 11.0. The van der Waals surface area contributed by atoms with Crippen molar-refractivity contribution in [1.29, 1.82) is 0 Å². The number of carboxylic acids is 1. The maximum Gasteiger partial charge on any atom is 0.336 e. The topological polar surface area (TPSA) is 37.3 Å². The Balaban J connectivity index is 2.73. The summed E-state index contributed by atoms with van der Waals surface area (Å²) in [5.41, 5.74) is 3.36. The van der Waals surface area contributed by atoms with E-state index in [0.717, 1.165) is 23.1 Å². The Kier molecular flexibility index (Phi) is 2.42. The summed E-state index contributed by atoms with van der Waals surface area (Å²) in [7, 11) is 0. The number of hydrogen-bond donors (Lipinski definition) is 1. The van der Waals surface area contributed by atoms with Gasteiger partial charge in [0.25, 0.3) is 0 Å². The Hall–Kier alpha value is -1.83. The van der Waals surface area contributed by atoms with E-state index in [2.05, 4.69) is 0 Å². The lowest BCUT2D eigenvalue weighted by molar-refractivity contribution is 0.0698. The third-order valence-electron chi connectivity index (χ3n) is 2.60. The highest BCUT2D eigenvalue weighted by Gasteiger charge is 2.17.